The minimum atomic E-state index is -0.953. The monoisotopic (exact) mass is 937 g/mol. The number of aliphatic hydroxyl groups is 1. The van der Waals surface area contributed by atoms with Crippen molar-refractivity contribution in [3.05, 3.63) is 65.2 Å². The molecule has 5 amide bonds. The van der Waals surface area contributed by atoms with Crippen molar-refractivity contribution in [2.75, 3.05) is 47.2 Å². The molecule has 1 aliphatic rings. The summed E-state index contributed by atoms with van der Waals surface area (Å²) in [4.78, 5) is 74.7. The molecule has 15 nitrogen and oxygen atoms in total. The van der Waals surface area contributed by atoms with E-state index in [0.717, 1.165) is 24.1 Å². The number of likely N-dealkylation sites (tertiary alicyclic amines) is 1. The van der Waals surface area contributed by atoms with Crippen LogP contribution >= 0.6 is 0 Å². The van der Waals surface area contributed by atoms with Crippen molar-refractivity contribution < 1.29 is 43.3 Å². The maximum Gasteiger partial charge on any atom is 0.410 e. The number of aliphatic hydroxyl groups excluding tert-OH is 1. The van der Waals surface area contributed by atoms with Gasteiger partial charge in [-0.2, -0.15) is 0 Å². The maximum atomic E-state index is 14.6. The largest absolute Gasteiger partial charge is 0.445 e. The van der Waals surface area contributed by atoms with Crippen LogP contribution in [-0.4, -0.2) is 134 Å². The molecule has 2 aromatic rings. The van der Waals surface area contributed by atoms with Gasteiger partial charge in [0.1, 0.15) is 18.7 Å². The lowest BCUT2D eigenvalue weighted by Crippen LogP contribution is -2.60. The minimum absolute atomic E-state index is 0.0273. The van der Waals surface area contributed by atoms with E-state index in [2.05, 4.69) is 29.8 Å². The van der Waals surface area contributed by atoms with E-state index in [1.807, 2.05) is 97.1 Å². The fourth-order valence-electron chi connectivity index (χ4n) is 9.31. The van der Waals surface area contributed by atoms with E-state index in [1.165, 1.54) is 24.6 Å². The predicted octanol–water partition coefficient (Wildman–Crippen LogP) is 7.13. The zero-order valence-electron chi connectivity index (χ0n) is 43.1. The molecule has 11 atom stereocenters. The Bertz CT molecular complexity index is 1880. The molecule has 0 radical (unpaired) electrons. The van der Waals surface area contributed by atoms with Crippen LogP contribution in [0.1, 0.15) is 130 Å². The molecule has 1 unspecified atom stereocenters. The van der Waals surface area contributed by atoms with Crippen LogP contribution in [0, 0.1) is 23.7 Å². The molecule has 0 saturated carbocycles. The van der Waals surface area contributed by atoms with Crippen LogP contribution in [0.4, 0.5) is 10.5 Å². The zero-order chi connectivity index (χ0) is 50.3. The molecule has 15 heteroatoms. The number of amides is 5. The summed E-state index contributed by atoms with van der Waals surface area (Å²) in [5.41, 5.74) is 3.63. The van der Waals surface area contributed by atoms with Crippen molar-refractivity contribution in [2.24, 2.45) is 23.7 Å². The van der Waals surface area contributed by atoms with Gasteiger partial charge in [0.15, 0.2) is 0 Å². The molecule has 1 saturated heterocycles. The predicted molar refractivity (Wildman–Crippen MR) is 263 cm³/mol. The Morgan fingerprint density at radius 3 is 1.93 bits per heavy atom. The van der Waals surface area contributed by atoms with Gasteiger partial charge in [-0.25, -0.2) is 4.79 Å². The molecular formula is C52H84N6O9. The molecule has 0 spiro atoms. The summed E-state index contributed by atoms with van der Waals surface area (Å²) in [6, 6.07) is 11.9. The van der Waals surface area contributed by atoms with Crippen molar-refractivity contribution in [3.63, 3.8) is 0 Å². The molecule has 3 rings (SSSR count). The second-order valence-electron chi connectivity index (χ2n) is 19.3. The van der Waals surface area contributed by atoms with Crippen LogP contribution in [0.25, 0.3) is 0 Å². The lowest BCUT2D eigenvalue weighted by atomic mass is 9.89. The fourth-order valence-corrected chi connectivity index (χ4v) is 9.31. The van der Waals surface area contributed by atoms with Gasteiger partial charge in [0, 0.05) is 47.6 Å². The van der Waals surface area contributed by atoms with Crippen LogP contribution < -0.4 is 16.0 Å². The first-order valence-corrected chi connectivity index (χ1v) is 24.3. The van der Waals surface area contributed by atoms with E-state index < -0.39 is 60.4 Å². The van der Waals surface area contributed by atoms with Crippen molar-refractivity contribution in [1.82, 2.24) is 25.3 Å². The summed E-state index contributed by atoms with van der Waals surface area (Å²) in [6.07, 6.45) is 0.111. The average molecular weight is 937 g/mol. The number of likely N-dealkylation sites (N-methyl/N-ethyl adjacent to an activating group) is 2. The average Bonchev–Trinajstić information content (AvgIpc) is 3.81. The molecule has 67 heavy (non-hydrogen) atoms. The lowest BCUT2D eigenvalue weighted by Gasteiger charge is -2.41. The Hall–Kier alpha value is -4.73. The third-order valence-corrected chi connectivity index (χ3v) is 14.0. The van der Waals surface area contributed by atoms with Crippen molar-refractivity contribution >= 4 is 35.4 Å². The number of hydrogen-bond donors (Lipinski definition) is 4. The molecule has 1 heterocycles. The highest BCUT2D eigenvalue weighted by Crippen LogP contribution is 2.31. The Labute approximate surface area is 401 Å². The Kier molecular flexibility index (Phi) is 22.6. The smallest absolute Gasteiger partial charge is 0.410 e. The number of nitrogens with zero attached hydrogens (tertiary/aromatic N) is 3. The number of carbonyl (C=O) groups excluding carboxylic acids is 5. The number of rotatable bonds is 25. The summed E-state index contributed by atoms with van der Waals surface area (Å²) in [6.45, 7) is 19.8. The Balaban J connectivity index is 1.74. The number of hydrogen-bond acceptors (Lipinski definition) is 10. The third-order valence-electron chi connectivity index (χ3n) is 14.0. The highest BCUT2D eigenvalue weighted by atomic mass is 16.6. The normalized spacial score (nSPS) is 18.4. The molecule has 1 aliphatic heterocycles. The lowest BCUT2D eigenvalue weighted by molar-refractivity contribution is -0.148. The number of methoxy groups -OCH3 is 2. The summed E-state index contributed by atoms with van der Waals surface area (Å²) < 4.78 is 17.7. The molecule has 0 bridgehead atoms. The molecule has 1 fully saturated rings. The highest BCUT2D eigenvalue weighted by Gasteiger charge is 2.44. The molecule has 2 aromatic carbocycles. The van der Waals surface area contributed by atoms with Gasteiger partial charge in [-0.15, -0.1) is 0 Å². The molecule has 4 N–H and O–H groups in total. The quantitative estimate of drug-likeness (QED) is 0.0801. The zero-order valence-corrected chi connectivity index (χ0v) is 43.1. The number of anilines is 1. The van der Waals surface area contributed by atoms with Crippen LogP contribution in [0.2, 0.25) is 0 Å². The summed E-state index contributed by atoms with van der Waals surface area (Å²) >= 11 is 0. The van der Waals surface area contributed by atoms with Gasteiger partial charge >= 0.3 is 6.09 Å². The van der Waals surface area contributed by atoms with E-state index in [9.17, 15) is 29.1 Å². The van der Waals surface area contributed by atoms with Crippen LogP contribution in [0.5, 0.6) is 0 Å². The van der Waals surface area contributed by atoms with Crippen LogP contribution in [0.3, 0.4) is 0 Å². The molecule has 0 aromatic heterocycles. The number of carbonyl (C=O) groups is 5. The minimum Gasteiger partial charge on any atom is -0.445 e. The van der Waals surface area contributed by atoms with E-state index in [4.69, 9.17) is 14.2 Å². The van der Waals surface area contributed by atoms with Crippen molar-refractivity contribution in [3.8, 4) is 0 Å². The van der Waals surface area contributed by atoms with E-state index >= 15 is 0 Å². The third kappa shape index (κ3) is 14.9. The number of ether oxygens (including phenoxy) is 3. The van der Waals surface area contributed by atoms with Crippen molar-refractivity contribution in [2.45, 2.75) is 162 Å². The maximum absolute atomic E-state index is 14.6. The van der Waals surface area contributed by atoms with E-state index in [0.29, 0.717) is 30.9 Å². The van der Waals surface area contributed by atoms with Gasteiger partial charge in [0.25, 0.3) is 0 Å². The number of benzene rings is 2. The summed E-state index contributed by atoms with van der Waals surface area (Å²) in [5, 5.41) is 20.2. The summed E-state index contributed by atoms with van der Waals surface area (Å²) in [5.74, 6) is -2.28. The summed E-state index contributed by atoms with van der Waals surface area (Å²) in [7, 11) is 8.11. The van der Waals surface area contributed by atoms with Gasteiger partial charge in [0.2, 0.25) is 23.6 Å². The van der Waals surface area contributed by atoms with Crippen molar-refractivity contribution in [1.29, 1.82) is 0 Å². The van der Waals surface area contributed by atoms with Gasteiger partial charge in [-0.3, -0.25) is 24.1 Å². The van der Waals surface area contributed by atoms with Gasteiger partial charge in [-0.1, -0.05) is 105 Å². The first kappa shape index (κ1) is 56.6. The van der Waals surface area contributed by atoms with Crippen LogP contribution in [0.15, 0.2) is 48.5 Å². The molecular weight excluding hydrogens is 853 g/mol. The first-order chi connectivity index (χ1) is 31.7. The highest BCUT2D eigenvalue weighted by molar-refractivity contribution is 5.92. The Morgan fingerprint density at radius 1 is 0.791 bits per heavy atom. The van der Waals surface area contributed by atoms with E-state index in [-0.39, 0.29) is 54.5 Å². The van der Waals surface area contributed by atoms with Gasteiger partial charge in [0.05, 0.1) is 48.8 Å². The fraction of sp³-hybridized carbons (Fsp3) is 0.673. The molecule has 376 valence electrons. The van der Waals surface area contributed by atoms with Gasteiger partial charge < -0.3 is 45.1 Å². The number of nitrogens with one attached hydrogen (secondary N) is 3. The van der Waals surface area contributed by atoms with E-state index in [1.54, 1.807) is 37.8 Å². The second-order valence-corrected chi connectivity index (χ2v) is 19.3. The van der Waals surface area contributed by atoms with Gasteiger partial charge in [-0.05, 0) is 78.7 Å². The second kappa shape index (κ2) is 26.7. The first-order valence-electron chi connectivity index (χ1n) is 24.3. The Morgan fingerprint density at radius 2 is 1.40 bits per heavy atom. The topological polar surface area (TPSA) is 179 Å². The SMILES string of the molecule is CCC(C)c1ccc([C@H](O)[C@@H](C)NC(=O)[C@H](C)[C@@H](OC)[C@@H]2CCCN2C(=O)C[C@@H](OC)[C@H]([C@@H](C)CC)N(C)C(=O)[C@@H](NC(=O)[C@H](C(C)C)N(C)C(=O)OCc2ccc(NC)cc2)C(C)C)cc1. The molecule has 0 aliphatic carbocycles. The standard InChI is InChI=1S/C52H84N6O9/c1-16-33(7)38-22-24-39(25-23-38)47(60)36(10)54-49(61)35(9)48(66-15)41-19-18-28-58(41)43(59)29-42(65-14)46(34(8)17-2)56(12)51(63)44(31(3)4)55-50(62)45(32(5)6)57(13)52(64)67-30-37-20-26-40(53-11)27-21-37/h20-27,31-36,41-42,44-48,53,60H,16-19,28-30H2,1-15H3,(H,54,61)(H,55,62)/t33?,34-,35+,36+,41-,42+,44-,45-,46-,47+,48+/m0/s1. The van der Waals surface area contributed by atoms with Crippen LogP contribution in [-0.2, 0) is 40.0 Å².